The van der Waals surface area contributed by atoms with Crippen molar-refractivity contribution < 1.29 is 13.2 Å². The number of carbonyl (C=O) groups excluding carboxylic acids is 1. The predicted octanol–water partition coefficient (Wildman–Crippen LogP) is 2.77. The summed E-state index contributed by atoms with van der Waals surface area (Å²) in [6, 6.07) is 15.4. The number of anilines is 1. The van der Waals surface area contributed by atoms with Gasteiger partial charge in [0.15, 0.2) is 0 Å². The van der Waals surface area contributed by atoms with Crippen LogP contribution in [0, 0.1) is 13.8 Å². The molecule has 0 atom stereocenters. The first-order valence-electron chi connectivity index (χ1n) is 8.51. The Kier molecular flexibility index (Phi) is 6.56. The molecule has 0 heterocycles. The van der Waals surface area contributed by atoms with Gasteiger partial charge in [-0.1, -0.05) is 36.4 Å². The lowest BCUT2D eigenvalue weighted by atomic mass is 10.1. The van der Waals surface area contributed by atoms with E-state index in [0.717, 1.165) is 28.6 Å². The van der Waals surface area contributed by atoms with Crippen molar-refractivity contribution in [2.45, 2.75) is 20.3 Å². The van der Waals surface area contributed by atoms with E-state index in [2.05, 4.69) is 0 Å². The van der Waals surface area contributed by atoms with Gasteiger partial charge in [0.25, 0.3) is 0 Å². The van der Waals surface area contributed by atoms with Crippen LogP contribution in [-0.2, 0) is 21.2 Å². The second-order valence-electron chi connectivity index (χ2n) is 6.55. The second-order valence-corrected chi connectivity index (χ2v) is 8.54. The van der Waals surface area contributed by atoms with Crippen molar-refractivity contribution in [3.05, 3.63) is 65.2 Å². The number of benzene rings is 2. The van der Waals surface area contributed by atoms with Crippen molar-refractivity contribution in [1.29, 1.82) is 0 Å². The molecular formula is C20H26N2O3S. The number of nitrogens with zero attached hydrogens (tertiary/aromatic N) is 2. The highest BCUT2D eigenvalue weighted by Crippen LogP contribution is 2.18. The topological polar surface area (TPSA) is 57.7 Å². The lowest BCUT2D eigenvalue weighted by molar-refractivity contribution is -0.118. The third-order valence-electron chi connectivity index (χ3n) is 4.53. The number of sulfonamides is 1. The number of carbonyl (C=O) groups is 1. The minimum absolute atomic E-state index is 0.172. The van der Waals surface area contributed by atoms with Crippen molar-refractivity contribution in [1.82, 2.24) is 4.31 Å². The van der Waals surface area contributed by atoms with Crippen LogP contribution in [0.5, 0.6) is 0 Å². The molecule has 5 nitrogen and oxygen atoms in total. The first-order chi connectivity index (χ1) is 12.2. The van der Waals surface area contributed by atoms with Gasteiger partial charge in [-0.25, -0.2) is 8.42 Å². The fraction of sp³-hybridized carbons (Fsp3) is 0.350. The van der Waals surface area contributed by atoms with Crippen LogP contribution in [0.15, 0.2) is 48.5 Å². The molecule has 0 N–H and O–H groups in total. The van der Waals surface area contributed by atoms with Crippen LogP contribution in [0.25, 0.3) is 0 Å². The van der Waals surface area contributed by atoms with Gasteiger partial charge in [-0.05, 0) is 49.1 Å². The summed E-state index contributed by atoms with van der Waals surface area (Å²) in [7, 11) is -1.80. The number of likely N-dealkylation sites (N-methyl/N-ethyl adjacent to an activating group) is 1. The van der Waals surface area contributed by atoms with Gasteiger partial charge in [0, 0.05) is 19.3 Å². The van der Waals surface area contributed by atoms with Gasteiger partial charge in [0.1, 0.15) is 0 Å². The Morgan fingerprint density at radius 1 is 1.00 bits per heavy atom. The van der Waals surface area contributed by atoms with Gasteiger partial charge in [0.05, 0.1) is 12.8 Å². The van der Waals surface area contributed by atoms with Crippen LogP contribution < -0.4 is 4.90 Å². The Morgan fingerprint density at radius 3 is 2.23 bits per heavy atom. The zero-order valence-corrected chi connectivity index (χ0v) is 16.6. The first kappa shape index (κ1) is 20.1. The van der Waals surface area contributed by atoms with E-state index >= 15 is 0 Å². The van der Waals surface area contributed by atoms with Crippen molar-refractivity contribution in [3.63, 3.8) is 0 Å². The molecule has 2 aromatic carbocycles. The van der Waals surface area contributed by atoms with E-state index in [9.17, 15) is 13.2 Å². The summed E-state index contributed by atoms with van der Waals surface area (Å²) in [6.45, 7) is 4.10. The molecule has 0 aliphatic rings. The number of rotatable bonds is 7. The van der Waals surface area contributed by atoms with Gasteiger partial charge in [0.2, 0.25) is 15.9 Å². The largest absolute Gasteiger partial charge is 0.314 e. The van der Waals surface area contributed by atoms with E-state index < -0.39 is 10.0 Å². The quantitative estimate of drug-likeness (QED) is 0.749. The molecule has 0 aliphatic carbocycles. The van der Waals surface area contributed by atoms with E-state index in [1.54, 1.807) is 7.05 Å². The zero-order chi connectivity index (χ0) is 19.3. The normalized spacial score (nSPS) is 11.6. The van der Waals surface area contributed by atoms with Crippen LogP contribution in [0.4, 0.5) is 5.69 Å². The maximum absolute atomic E-state index is 12.6. The van der Waals surface area contributed by atoms with Gasteiger partial charge in [-0.15, -0.1) is 0 Å². The number of hydrogen-bond donors (Lipinski definition) is 0. The number of aryl methyl sites for hydroxylation is 2. The van der Waals surface area contributed by atoms with Gasteiger partial charge >= 0.3 is 0 Å². The highest BCUT2D eigenvalue weighted by atomic mass is 32.2. The predicted molar refractivity (Wildman–Crippen MR) is 106 cm³/mol. The smallest absolute Gasteiger partial charge is 0.242 e. The summed E-state index contributed by atoms with van der Waals surface area (Å²) in [5.41, 5.74) is 4.03. The Bertz CT molecular complexity index is 864. The fourth-order valence-corrected chi connectivity index (χ4v) is 3.36. The fourth-order valence-electron chi connectivity index (χ4n) is 2.60. The molecule has 0 aromatic heterocycles. The lowest BCUT2D eigenvalue weighted by Crippen LogP contribution is -2.42. The number of hydrogen-bond acceptors (Lipinski definition) is 3. The molecule has 0 aliphatic heterocycles. The standard InChI is InChI=1S/C20H26N2O3S/c1-16-10-11-19(14-17(16)2)21(3)20(23)15-22(26(4,24)25)13-12-18-8-6-5-7-9-18/h5-11,14H,12-13,15H2,1-4H3. The molecule has 26 heavy (non-hydrogen) atoms. The SMILES string of the molecule is Cc1ccc(N(C)C(=O)CN(CCc2ccccc2)S(C)(=O)=O)cc1C. The second kappa shape index (κ2) is 8.47. The molecule has 6 heteroatoms. The lowest BCUT2D eigenvalue weighted by Gasteiger charge is -2.24. The molecule has 0 unspecified atom stereocenters. The molecular weight excluding hydrogens is 348 g/mol. The monoisotopic (exact) mass is 374 g/mol. The van der Waals surface area contributed by atoms with E-state index in [-0.39, 0.29) is 19.0 Å². The van der Waals surface area contributed by atoms with Gasteiger partial charge in [-0.3, -0.25) is 4.79 Å². The highest BCUT2D eigenvalue weighted by Gasteiger charge is 2.22. The minimum Gasteiger partial charge on any atom is -0.314 e. The Morgan fingerprint density at radius 2 is 1.65 bits per heavy atom. The van der Waals surface area contributed by atoms with Crippen LogP contribution in [0.1, 0.15) is 16.7 Å². The average Bonchev–Trinajstić information content (AvgIpc) is 2.60. The van der Waals surface area contributed by atoms with Crippen molar-refractivity contribution in [3.8, 4) is 0 Å². The zero-order valence-electron chi connectivity index (χ0n) is 15.8. The van der Waals surface area contributed by atoms with E-state index in [1.807, 2.05) is 62.4 Å². The maximum atomic E-state index is 12.6. The summed E-state index contributed by atoms with van der Waals surface area (Å²) in [6.07, 6.45) is 1.70. The van der Waals surface area contributed by atoms with Crippen molar-refractivity contribution in [2.24, 2.45) is 0 Å². The molecule has 2 rings (SSSR count). The molecule has 0 radical (unpaired) electrons. The number of amides is 1. The van der Waals surface area contributed by atoms with E-state index in [0.29, 0.717) is 6.42 Å². The van der Waals surface area contributed by atoms with Gasteiger partial charge < -0.3 is 4.90 Å². The molecule has 0 bridgehead atoms. The van der Waals surface area contributed by atoms with Gasteiger partial charge in [-0.2, -0.15) is 4.31 Å². The van der Waals surface area contributed by atoms with Crippen LogP contribution in [-0.4, -0.2) is 45.0 Å². The van der Waals surface area contributed by atoms with E-state index in [4.69, 9.17) is 0 Å². The van der Waals surface area contributed by atoms with Crippen LogP contribution >= 0.6 is 0 Å². The summed E-state index contributed by atoms with van der Waals surface area (Å²) < 4.78 is 25.4. The Hall–Kier alpha value is -2.18. The van der Waals surface area contributed by atoms with Crippen molar-refractivity contribution >= 4 is 21.6 Å². The Labute approximate surface area is 156 Å². The molecule has 0 saturated carbocycles. The van der Waals surface area contributed by atoms with E-state index in [1.165, 1.54) is 9.21 Å². The molecule has 1 amide bonds. The third kappa shape index (κ3) is 5.41. The molecule has 0 saturated heterocycles. The van der Waals surface area contributed by atoms with Crippen LogP contribution in [0.3, 0.4) is 0 Å². The minimum atomic E-state index is -3.47. The third-order valence-corrected chi connectivity index (χ3v) is 5.77. The molecule has 2 aromatic rings. The summed E-state index contributed by atoms with van der Waals surface area (Å²) in [5, 5.41) is 0. The maximum Gasteiger partial charge on any atom is 0.242 e. The highest BCUT2D eigenvalue weighted by molar-refractivity contribution is 7.88. The molecule has 0 fully saturated rings. The molecule has 0 spiro atoms. The average molecular weight is 375 g/mol. The Balaban J connectivity index is 2.09. The summed E-state index contributed by atoms with van der Waals surface area (Å²) in [4.78, 5) is 14.1. The van der Waals surface area contributed by atoms with Crippen molar-refractivity contribution in [2.75, 3.05) is 31.3 Å². The molecule has 140 valence electrons. The van der Waals surface area contributed by atoms with Crippen LogP contribution in [0.2, 0.25) is 0 Å². The first-order valence-corrected chi connectivity index (χ1v) is 10.4. The summed E-state index contributed by atoms with van der Waals surface area (Å²) in [5.74, 6) is -0.258. The summed E-state index contributed by atoms with van der Waals surface area (Å²) >= 11 is 0.